The molecule has 10 heteroatoms. The van der Waals surface area contributed by atoms with Gasteiger partial charge in [-0.2, -0.15) is 4.31 Å². The number of carbonyl (C=O) groups excluding carboxylic acids is 2. The van der Waals surface area contributed by atoms with Crippen LogP contribution in [0.5, 0.6) is 5.75 Å². The van der Waals surface area contributed by atoms with Crippen molar-refractivity contribution in [1.82, 2.24) is 19.8 Å². The Hall–Kier alpha value is -2.95. The number of amides is 2. The van der Waals surface area contributed by atoms with E-state index in [9.17, 15) is 18.0 Å². The van der Waals surface area contributed by atoms with Crippen molar-refractivity contribution in [2.24, 2.45) is 17.8 Å². The summed E-state index contributed by atoms with van der Waals surface area (Å²) in [5, 5.41) is 6.33. The molecule has 0 aliphatic heterocycles. The van der Waals surface area contributed by atoms with Crippen LogP contribution in [-0.4, -0.2) is 81.9 Å². The topological polar surface area (TPSA) is 108 Å². The summed E-state index contributed by atoms with van der Waals surface area (Å²) in [5.74, 6) is 0.290. The Labute approximate surface area is 264 Å². The predicted octanol–water partition coefficient (Wildman–Crippen LogP) is 4.50. The number of hydrogen-bond acceptors (Lipinski definition) is 6. The van der Waals surface area contributed by atoms with Crippen molar-refractivity contribution >= 4 is 21.8 Å². The molecule has 1 saturated carbocycles. The largest absolute Gasteiger partial charge is 0.497 e. The highest BCUT2D eigenvalue weighted by Crippen LogP contribution is 2.56. The molecule has 1 fully saturated rings. The Morgan fingerprint density at radius 3 is 2.18 bits per heavy atom. The van der Waals surface area contributed by atoms with Gasteiger partial charge in [0.05, 0.1) is 24.1 Å². The maximum Gasteiger partial charge on any atom is 0.243 e. The van der Waals surface area contributed by atoms with Crippen LogP contribution in [0.4, 0.5) is 0 Å². The zero-order valence-corrected chi connectivity index (χ0v) is 28.5. The van der Waals surface area contributed by atoms with Gasteiger partial charge in [-0.25, -0.2) is 8.42 Å². The van der Waals surface area contributed by atoms with Crippen LogP contribution in [0.25, 0.3) is 0 Å². The molecule has 0 bridgehead atoms. The van der Waals surface area contributed by atoms with Crippen molar-refractivity contribution in [2.75, 3.05) is 40.8 Å². The molecule has 2 amide bonds. The second-order valence-electron chi connectivity index (χ2n) is 13.1. The molecule has 3 unspecified atom stereocenters. The fraction of sp³-hybridized carbons (Fsp3) is 0.588. The van der Waals surface area contributed by atoms with Crippen molar-refractivity contribution in [2.45, 2.75) is 76.3 Å². The standard InChI is InChI=1S/C34H52N4O5S/c1-9-25(4)19-31(35-32(39)23-37(6)7)33(40)36-34(20-30(34)27-13-11-10-12-14-27)26(5)22-38(21-24(2)3)44(41,42)29-17-15-28(43-8)16-18-29/h10-18,24-26,30-31H,9,19-23H2,1-8H3,(H,35,39)(H,36,40)/t25?,26-,30?,31+,34?/m1/s1. The molecule has 244 valence electrons. The van der Waals surface area contributed by atoms with Crippen LogP contribution in [-0.2, 0) is 19.6 Å². The maximum absolute atomic E-state index is 14.0. The zero-order valence-electron chi connectivity index (χ0n) is 27.7. The highest BCUT2D eigenvalue weighted by atomic mass is 32.2. The Morgan fingerprint density at radius 1 is 1.00 bits per heavy atom. The number of carbonyl (C=O) groups is 2. The van der Waals surface area contributed by atoms with Crippen LogP contribution in [0.1, 0.15) is 65.4 Å². The fourth-order valence-corrected chi connectivity index (χ4v) is 7.57. The first-order valence-corrected chi connectivity index (χ1v) is 17.1. The van der Waals surface area contributed by atoms with E-state index in [4.69, 9.17) is 4.74 Å². The lowest BCUT2D eigenvalue weighted by Crippen LogP contribution is -2.55. The predicted molar refractivity (Wildman–Crippen MR) is 175 cm³/mol. The quantitative estimate of drug-likeness (QED) is 0.267. The molecular formula is C34H52N4O5S. The molecule has 1 aliphatic rings. The third-order valence-corrected chi connectivity index (χ3v) is 10.5. The summed E-state index contributed by atoms with van der Waals surface area (Å²) in [6.07, 6.45) is 2.09. The van der Waals surface area contributed by atoms with E-state index in [2.05, 4.69) is 36.6 Å². The molecule has 44 heavy (non-hydrogen) atoms. The van der Waals surface area contributed by atoms with Crippen LogP contribution in [0.2, 0.25) is 0 Å². The number of ether oxygens (including phenoxy) is 1. The third kappa shape index (κ3) is 9.05. The summed E-state index contributed by atoms with van der Waals surface area (Å²) in [6, 6.07) is 15.8. The Kier molecular flexibility index (Phi) is 12.4. The Bertz CT molecular complexity index is 1330. The van der Waals surface area contributed by atoms with Gasteiger partial charge in [0, 0.05) is 19.0 Å². The lowest BCUT2D eigenvalue weighted by molar-refractivity contribution is -0.130. The van der Waals surface area contributed by atoms with Crippen molar-refractivity contribution in [3.63, 3.8) is 0 Å². The van der Waals surface area contributed by atoms with Gasteiger partial charge in [0.25, 0.3) is 0 Å². The van der Waals surface area contributed by atoms with E-state index in [-0.39, 0.29) is 53.5 Å². The SMILES string of the molecule is CCC(C)C[C@H](NC(=O)CN(C)C)C(=O)NC1([C@H](C)CN(CC(C)C)S(=O)(=O)c2ccc(OC)cc2)CC1c1ccccc1. The van der Waals surface area contributed by atoms with Gasteiger partial charge in [0.1, 0.15) is 11.8 Å². The maximum atomic E-state index is 14.0. The minimum atomic E-state index is -3.82. The summed E-state index contributed by atoms with van der Waals surface area (Å²) in [7, 11) is 1.36. The molecule has 0 saturated heterocycles. The van der Waals surface area contributed by atoms with E-state index in [1.165, 1.54) is 0 Å². The summed E-state index contributed by atoms with van der Waals surface area (Å²) >= 11 is 0. The average Bonchev–Trinajstić information content (AvgIpc) is 3.71. The zero-order chi connectivity index (χ0) is 32.7. The molecule has 2 N–H and O–H groups in total. The van der Waals surface area contributed by atoms with Gasteiger partial charge in [0.15, 0.2) is 0 Å². The molecule has 1 aliphatic carbocycles. The van der Waals surface area contributed by atoms with E-state index in [1.54, 1.807) is 40.6 Å². The van der Waals surface area contributed by atoms with Crippen molar-refractivity contribution < 1.29 is 22.7 Å². The minimum absolute atomic E-state index is 0.0222. The van der Waals surface area contributed by atoms with Crippen LogP contribution in [0, 0.1) is 17.8 Å². The highest BCUT2D eigenvalue weighted by molar-refractivity contribution is 7.89. The minimum Gasteiger partial charge on any atom is -0.497 e. The van der Waals surface area contributed by atoms with Gasteiger partial charge in [0.2, 0.25) is 21.8 Å². The molecule has 0 heterocycles. The van der Waals surface area contributed by atoms with Gasteiger partial charge >= 0.3 is 0 Å². The lowest BCUT2D eigenvalue weighted by atomic mass is 9.92. The number of methoxy groups -OCH3 is 1. The van der Waals surface area contributed by atoms with Crippen molar-refractivity contribution in [1.29, 1.82) is 0 Å². The first-order valence-electron chi connectivity index (χ1n) is 15.7. The van der Waals surface area contributed by atoms with E-state index < -0.39 is 21.6 Å². The highest BCUT2D eigenvalue weighted by Gasteiger charge is 2.60. The number of hydrogen-bond donors (Lipinski definition) is 2. The van der Waals surface area contributed by atoms with Crippen LogP contribution < -0.4 is 15.4 Å². The number of likely N-dealkylation sites (N-methyl/N-ethyl adjacent to an activating group) is 1. The summed E-state index contributed by atoms with van der Waals surface area (Å²) in [5.41, 5.74) is 0.437. The monoisotopic (exact) mass is 628 g/mol. The fourth-order valence-electron chi connectivity index (χ4n) is 5.87. The van der Waals surface area contributed by atoms with Gasteiger partial charge in [-0.05, 0) is 74.5 Å². The summed E-state index contributed by atoms with van der Waals surface area (Å²) in [6.45, 7) is 10.9. The van der Waals surface area contributed by atoms with Gasteiger partial charge < -0.3 is 20.3 Å². The van der Waals surface area contributed by atoms with Gasteiger partial charge in [-0.15, -0.1) is 0 Å². The Morgan fingerprint density at radius 2 is 1.64 bits per heavy atom. The number of rotatable bonds is 17. The number of nitrogens with zero attached hydrogens (tertiary/aromatic N) is 2. The summed E-state index contributed by atoms with van der Waals surface area (Å²) in [4.78, 5) is 28.7. The number of nitrogens with one attached hydrogen (secondary N) is 2. The van der Waals surface area contributed by atoms with Crippen molar-refractivity contribution in [3.05, 3.63) is 60.2 Å². The van der Waals surface area contributed by atoms with Gasteiger partial charge in [-0.1, -0.05) is 71.4 Å². The molecule has 2 aromatic carbocycles. The normalized spacial score (nSPS) is 20.3. The number of benzene rings is 2. The molecular weight excluding hydrogens is 576 g/mol. The molecule has 0 spiro atoms. The molecule has 5 atom stereocenters. The number of sulfonamides is 1. The van der Waals surface area contributed by atoms with E-state index in [0.29, 0.717) is 25.1 Å². The first-order chi connectivity index (χ1) is 20.7. The summed E-state index contributed by atoms with van der Waals surface area (Å²) < 4.78 is 34.7. The second kappa shape index (κ2) is 15.4. The van der Waals surface area contributed by atoms with Crippen molar-refractivity contribution in [3.8, 4) is 5.75 Å². The van der Waals surface area contributed by atoms with Crippen LogP contribution in [0.3, 0.4) is 0 Å². The molecule has 9 nitrogen and oxygen atoms in total. The van der Waals surface area contributed by atoms with Crippen LogP contribution in [0.15, 0.2) is 59.5 Å². The van der Waals surface area contributed by atoms with E-state index in [1.807, 2.05) is 53.1 Å². The smallest absolute Gasteiger partial charge is 0.243 e. The first kappa shape index (κ1) is 35.5. The third-order valence-electron chi connectivity index (χ3n) is 8.63. The molecule has 0 aromatic heterocycles. The van der Waals surface area contributed by atoms with Gasteiger partial charge in [-0.3, -0.25) is 9.59 Å². The van der Waals surface area contributed by atoms with E-state index >= 15 is 0 Å². The van der Waals surface area contributed by atoms with Crippen LogP contribution >= 0.6 is 0 Å². The molecule has 3 rings (SSSR count). The lowest BCUT2D eigenvalue weighted by Gasteiger charge is -2.34. The molecule has 0 radical (unpaired) electrons. The second-order valence-corrected chi connectivity index (χ2v) is 15.0. The average molecular weight is 629 g/mol. The van der Waals surface area contributed by atoms with E-state index in [0.717, 1.165) is 12.0 Å². The Balaban J connectivity index is 1.94. The molecule has 2 aromatic rings.